The number of nitrogens with zero attached hydrogens (tertiary/aromatic N) is 1. The van der Waals surface area contributed by atoms with Crippen LogP contribution in [0.3, 0.4) is 0 Å². The molecule has 0 unspecified atom stereocenters. The van der Waals surface area contributed by atoms with E-state index in [-0.39, 0.29) is 12.6 Å². The summed E-state index contributed by atoms with van der Waals surface area (Å²) in [5.74, 6) is 0. The highest BCUT2D eigenvalue weighted by molar-refractivity contribution is 5.68. The minimum absolute atomic E-state index is 0.240. The highest BCUT2D eigenvalue weighted by Gasteiger charge is 2.23. The molecular weight excluding hydrogens is 214 g/mol. The molecule has 6 heteroatoms. The monoisotopic (exact) mass is 233 g/mol. The standard InChI is InChI=1S/C9H17NO3.CH2O2/c1-9(2,3)13-8(11)10-4-6-12-7-5-10;2-1-3/h4-7H2,1-3H3;1H,(H,2,3). The lowest BCUT2D eigenvalue weighted by Gasteiger charge is -2.29. The Kier molecular flexibility index (Phi) is 6.48. The van der Waals surface area contributed by atoms with E-state index in [1.807, 2.05) is 20.8 Å². The van der Waals surface area contributed by atoms with Gasteiger partial charge in [0, 0.05) is 13.1 Å². The van der Waals surface area contributed by atoms with E-state index in [1.54, 1.807) is 4.90 Å². The van der Waals surface area contributed by atoms with Gasteiger partial charge >= 0.3 is 6.09 Å². The number of amides is 1. The van der Waals surface area contributed by atoms with Crippen molar-refractivity contribution in [2.75, 3.05) is 26.3 Å². The van der Waals surface area contributed by atoms with Gasteiger partial charge in [-0.15, -0.1) is 0 Å². The van der Waals surface area contributed by atoms with Crippen LogP contribution in [-0.4, -0.2) is 54.5 Å². The summed E-state index contributed by atoms with van der Waals surface area (Å²) >= 11 is 0. The number of carbonyl (C=O) groups is 2. The van der Waals surface area contributed by atoms with Crippen LogP contribution in [0.25, 0.3) is 0 Å². The van der Waals surface area contributed by atoms with Crippen LogP contribution < -0.4 is 0 Å². The number of rotatable bonds is 0. The fourth-order valence-corrected chi connectivity index (χ4v) is 1.07. The van der Waals surface area contributed by atoms with Gasteiger partial charge in [-0.25, -0.2) is 4.79 Å². The van der Waals surface area contributed by atoms with Crippen LogP contribution in [0.5, 0.6) is 0 Å². The second kappa shape index (κ2) is 7.05. The summed E-state index contributed by atoms with van der Waals surface area (Å²) in [4.78, 5) is 21.5. The maximum absolute atomic E-state index is 11.5. The number of hydrogen-bond donors (Lipinski definition) is 1. The van der Waals surface area contributed by atoms with Crippen molar-refractivity contribution in [3.8, 4) is 0 Å². The normalized spacial score (nSPS) is 15.8. The highest BCUT2D eigenvalue weighted by atomic mass is 16.6. The number of hydrogen-bond acceptors (Lipinski definition) is 4. The highest BCUT2D eigenvalue weighted by Crippen LogP contribution is 2.10. The van der Waals surface area contributed by atoms with E-state index in [9.17, 15) is 4.79 Å². The van der Waals surface area contributed by atoms with Gasteiger partial charge in [0.2, 0.25) is 0 Å². The van der Waals surface area contributed by atoms with E-state index in [2.05, 4.69) is 0 Å². The van der Waals surface area contributed by atoms with Crippen molar-refractivity contribution in [1.29, 1.82) is 0 Å². The zero-order valence-electron chi connectivity index (χ0n) is 9.93. The minimum atomic E-state index is -0.407. The Labute approximate surface area is 95.1 Å². The largest absolute Gasteiger partial charge is 0.483 e. The quantitative estimate of drug-likeness (QED) is 0.630. The molecule has 0 aliphatic carbocycles. The summed E-state index contributed by atoms with van der Waals surface area (Å²) in [6.45, 7) is 7.84. The predicted molar refractivity (Wildman–Crippen MR) is 57.3 cm³/mol. The molecule has 0 saturated carbocycles. The Bertz CT molecular complexity index is 218. The molecule has 1 aliphatic rings. The van der Waals surface area contributed by atoms with E-state index in [1.165, 1.54) is 0 Å². The molecule has 1 aliphatic heterocycles. The van der Waals surface area contributed by atoms with Crippen LogP contribution in [0.1, 0.15) is 20.8 Å². The topological polar surface area (TPSA) is 76.1 Å². The molecule has 0 aromatic heterocycles. The number of carboxylic acid groups (broad SMARTS) is 1. The first kappa shape index (κ1) is 14.7. The fraction of sp³-hybridized carbons (Fsp3) is 0.800. The van der Waals surface area contributed by atoms with Gasteiger partial charge in [0.15, 0.2) is 0 Å². The van der Waals surface area contributed by atoms with Crippen LogP contribution in [0.15, 0.2) is 0 Å². The zero-order valence-corrected chi connectivity index (χ0v) is 9.93. The van der Waals surface area contributed by atoms with Crippen LogP contribution in [0, 0.1) is 0 Å². The first-order valence-electron chi connectivity index (χ1n) is 5.04. The lowest BCUT2D eigenvalue weighted by atomic mass is 10.2. The van der Waals surface area contributed by atoms with Gasteiger partial charge in [-0.3, -0.25) is 4.79 Å². The van der Waals surface area contributed by atoms with E-state index in [0.717, 1.165) is 0 Å². The van der Waals surface area contributed by atoms with Gasteiger partial charge in [-0.2, -0.15) is 0 Å². The molecule has 6 nitrogen and oxygen atoms in total. The Morgan fingerprint density at radius 1 is 1.38 bits per heavy atom. The molecule has 94 valence electrons. The van der Waals surface area contributed by atoms with Crippen molar-refractivity contribution in [3.63, 3.8) is 0 Å². The molecule has 0 spiro atoms. The molecule has 1 fully saturated rings. The fourth-order valence-electron chi connectivity index (χ4n) is 1.07. The smallest absolute Gasteiger partial charge is 0.410 e. The van der Waals surface area contributed by atoms with Crippen LogP contribution >= 0.6 is 0 Å². The third-order valence-corrected chi connectivity index (χ3v) is 1.66. The van der Waals surface area contributed by atoms with Gasteiger partial charge < -0.3 is 19.5 Å². The number of ether oxygens (including phenoxy) is 2. The lowest BCUT2D eigenvalue weighted by molar-refractivity contribution is -0.122. The molecular formula is C10H19NO5. The third-order valence-electron chi connectivity index (χ3n) is 1.66. The molecule has 0 aromatic carbocycles. The van der Waals surface area contributed by atoms with Crippen LogP contribution in [0.2, 0.25) is 0 Å². The molecule has 1 amide bonds. The Balaban J connectivity index is 0.000000673. The molecule has 0 radical (unpaired) electrons. The Hall–Kier alpha value is -1.30. The van der Waals surface area contributed by atoms with E-state index in [4.69, 9.17) is 19.4 Å². The van der Waals surface area contributed by atoms with E-state index < -0.39 is 5.60 Å². The summed E-state index contributed by atoms with van der Waals surface area (Å²) in [6.07, 6.45) is -0.240. The molecule has 1 N–H and O–H groups in total. The summed E-state index contributed by atoms with van der Waals surface area (Å²) in [5.41, 5.74) is -0.407. The Morgan fingerprint density at radius 3 is 2.19 bits per heavy atom. The van der Waals surface area contributed by atoms with Crippen molar-refractivity contribution in [2.45, 2.75) is 26.4 Å². The van der Waals surface area contributed by atoms with Crippen LogP contribution in [-0.2, 0) is 14.3 Å². The minimum Gasteiger partial charge on any atom is -0.483 e. The summed E-state index contributed by atoms with van der Waals surface area (Å²) in [6, 6.07) is 0. The molecule has 1 heterocycles. The lowest BCUT2D eigenvalue weighted by Crippen LogP contribution is -2.43. The van der Waals surface area contributed by atoms with Crippen molar-refractivity contribution >= 4 is 12.6 Å². The summed E-state index contributed by atoms with van der Waals surface area (Å²) < 4.78 is 10.3. The van der Waals surface area contributed by atoms with Crippen LogP contribution in [0.4, 0.5) is 4.79 Å². The Morgan fingerprint density at radius 2 is 1.81 bits per heavy atom. The van der Waals surface area contributed by atoms with Gasteiger partial charge in [0.25, 0.3) is 6.47 Å². The summed E-state index contributed by atoms with van der Waals surface area (Å²) in [7, 11) is 0. The SMILES string of the molecule is CC(C)(C)OC(=O)N1CCOCC1.O=CO. The van der Waals surface area contributed by atoms with Crippen molar-refractivity contribution in [1.82, 2.24) is 4.90 Å². The first-order valence-corrected chi connectivity index (χ1v) is 5.04. The maximum Gasteiger partial charge on any atom is 0.410 e. The third kappa shape index (κ3) is 7.05. The van der Waals surface area contributed by atoms with Crippen molar-refractivity contribution in [2.24, 2.45) is 0 Å². The molecule has 0 atom stereocenters. The average Bonchev–Trinajstić information content (AvgIpc) is 2.18. The van der Waals surface area contributed by atoms with Crippen molar-refractivity contribution in [3.05, 3.63) is 0 Å². The van der Waals surface area contributed by atoms with E-state index in [0.29, 0.717) is 26.3 Å². The average molecular weight is 233 g/mol. The molecule has 1 saturated heterocycles. The second-order valence-electron chi connectivity index (χ2n) is 4.19. The molecule has 0 aromatic rings. The number of morpholine rings is 1. The predicted octanol–water partition coefficient (Wildman–Crippen LogP) is 0.954. The van der Waals surface area contributed by atoms with Gasteiger partial charge in [0.1, 0.15) is 5.60 Å². The molecule has 1 rings (SSSR count). The second-order valence-corrected chi connectivity index (χ2v) is 4.19. The van der Waals surface area contributed by atoms with Crippen molar-refractivity contribution < 1.29 is 24.2 Å². The summed E-state index contributed by atoms with van der Waals surface area (Å²) in [5, 5.41) is 6.89. The number of carbonyl (C=O) groups excluding carboxylic acids is 1. The molecule has 0 bridgehead atoms. The zero-order chi connectivity index (χ0) is 12.6. The van der Waals surface area contributed by atoms with Gasteiger partial charge in [0.05, 0.1) is 13.2 Å². The van der Waals surface area contributed by atoms with E-state index >= 15 is 0 Å². The van der Waals surface area contributed by atoms with Gasteiger partial charge in [-0.05, 0) is 20.8 Å². The maximum atomic E-state index is 11.5. The first-order chi connectivity index (χ1) is 7.40. The molecule has 16 heavy (non-hydrogen) atoms. The van der Waals surface area contributed by atoms with Gasteiger partial charge in [-0.1, -0.05) is 0 Å².